The number of carbonyl (C=O) groups excluding carboxylic acids is 1. The molecule has 2 aromatic rings. The van der Waals surface area contributed by atoms with Crippen molar-refractivity contribution in [2.45, 2.75) is 94.3 Å². The lowest BCUT2D eigenvalue weighted by atomic mass is 9.62. The van der Waals surface area contributed by atoms with Crippen molar-refractivity contribution >= 4 is 43.1 Å². The fourth-order valence-electron chi connectivity index (χ4n) is 8.47. The number of hydrogen-bond donors (Lipinski definition) is 2. The van der Waals surface area contributed by atoms with E-state index in [1.807, 2.05) is 25.1 Å². The van der Waals surface area contributed by atoms with Gasteiger partial charge in [-0.2, -0.15) is 0 Å². The summed E-state index contributed by atoms with van der Waals surface area (Å²) in [5, 5.41) is 12.0. The molecule has 3 aliphatic heterocycles. The second kappa shape index (κ2) is 14.9. The van der Waals surface area contributed by atoms with Crippen LogP contribution in [0.1, 0.15) is 86.7 Å². The molecular formula is C37H52ClN3O7S2. The van der Waals surface area contributed by atoms with Crippen molar-refractivity contribution in [2.24, 2.45) is 17.8 Å². The van der Waals surface area contributed by atoms with Crippen LogP contribution in [0.2, 0.25) is 5.02 Å². The number of sulfonamides is 1. The lowest BCUT2D eigenvalue weighted by molar-refractivity contribution is -0.103. The minimum atomic E-state index is -3.99. The molecule has 13 heteroatoms. The summed E-state index contributed by atoms with van der Waals surface area (Å²) in [5.41, 5.74) is 2.10. The predicted octanol–water partition coefficient (Wildman–Crippen LogP) is 5.21. The van der Waals surface area contributed by atoms with Crippen LogP contribution in [0.15, 0.2) is 36.4 Å². The van der Waals surface area contributed by atoms with Gasteiger partial charge in [0, 0.05) is 43.0 Å². The van der Waals surface area contributed by atoms with E-state index in [1.165, 1.54) is 6.26 Å². The molecule has 0 radical (unpaired) electrons. The van der Waals surface area contributed by atoms with E-state index in [-0.39, 0.29) is 23.3 Å². The first-order valence-electron chi connectivity index (χ1n) is 18.1. The second-order valence-electron chi connectivity index (χ2n) is 15.4. The molecule has 4 aliphatic rings. The molecule has 2 fully saturated rings. The van der Waals surface area contributed by atoms with E-state index in [9.17, 15) is 26.7 Å². The summed E-state index contributed by atoms with van der Waals surface area (Å²) in [4.78, 5) is 17.9. The highest BCUT2D eigenvalue weighted by atomic mass is 35.5. The van der Waals surface area contributed by atoms with E-state index >= 15 is 0 Å². The van der Waals surface area contributed by atoms with Crippen LogP contribution in [0.3, 0.4) is 0 Å². The SMILES string of the molecule is C[C@@H]1[C@@H](C)CCC[C@](O)(CN2CC[C@H](S(C)(=O)=O)C2)[C@@H]2CC[C@H]2CN2CCCCc3cc(Cl)ccc3COc3ccc(cc32)C(=O)NS1(=O)=O. The molecular weight excluding hydrogens is 698 g/mol. The Morgan fingerprint density at radius 3 is 2.52 bits per heavy atom. The zero-order valence-electron chi connectivity index (χ0n) is 29.4. The molecule has 1 saturated carbocycles. The van der Waals surface area contributed by atoms with E-state index in [0.29, 0.717) is 75.8 Å². The molecule has 2 N–H and O–H groups in total. The molecule has 6 atom stereocenters. The zero-order valence-corrected chi connectivity index (χ0v) is 31.8. The number of rotatable bonds is 3. The van der Waals surface area contributed by atoms with E-state index in [0.717, 1.165) is 48.9 Å². The van der Waals surface area contributed by atoms with Crippen LogP contribution >= 0.6 is 11.6 Å². The van der Waals surface area contributed by atoms with Crippen molar-refractivity contribution < 1.29 is 31.5 Å². The summed E-state index contributed by atoms with van der Waals surface area (Å²) in [6, 6.07) is 11.0. The van der Waals surface area contributed by atoms with Crippen LogP contribution in [-0.2, 0) is 32.9 Å². The molecule has 276 valence electrons. The molecule has 0 aromatic heterocycles. The lowest BCUT2D eigenvalue weighted by Crippen LogP contribution is -2.56. The average molecular weight is 750 g/mol. The minimum absolute atomic E-state index is 0.00965. The number of halogens is 1. The molecule has 1 amide bonds. The van der Waals surface area contributed by atoms with Crippen molar-refractivity contribution in [1.82, 2.24) is 9.62 Å². The third kappa shape index (κ3) is 8.30. The number of carbonyl (C=O) groups is 1. The Balaban J connectivity index is 1.36. The normalized spacial score (nSPS) is 31.3. The van der Waals surface area contributed by atoms with Gasteiger partial charge in [-0.3, -0.25) is 9.69 Å². The Hall–Kier alpha value is -2.38. The number of β-amino-alcohol motifs (C(OH)–C–C–N with tert-alkyl or cyclic N) is 1. The van der Waals surface area contributed by atoms with Gasteiger partial charge in [0.05, 0.1) is 21.8 Å². The summed E-state index contributed by atoms with van der Waals surface area (Å²) in [7, 11) is -7.18. The number of fused-ring (bicyclic) bond motifs is 3. The van der Waals surface area contributed by atoms with Crippen molar-refractivity contribution in [2.75, 3.05) is 43.9 Å². The number of likely N-dealkylation sites (tertiary alicyclic amines) is 1. The first-order chi connectivity index (χ1) is 23.6. The first-order valence-corrected chi connectivity index (χ1v) is 22.0. The van der Waals surface area contributed by atoms with Gasteiger partial charge in [-0.1, -0.05) is 31.0 Å². The third-order valence-electron chi connectivity index (χ3n) is 11.9. The molecule has 1 saturated heterocycles. The number of aliphatic hydroxyl groups is 1. The molecule has 50 heavy (non-hydrogen) atoms. The summed E-state index contributed by atoms with van der Waals surface area (Å²) in [5.74, 6) is -0.161. The van der Waals surface area contributed by atoms with Crippen molar-refractivity contribution in [3.05, 3.63) is 58.1 Å². The van der Waals surface area contributed by atoms with Gasteiger partial charge < -0.3 is 14.7 Å². The maximum atomic E-state index is 13.5. The number of amides is 1. The fourth-order valence-corrected chi connectivity index (χ4v) is 11.0. The number of ether oxygens (including phenoxy) is 1. The number of sulfone groups is 1. The van der Waals surface area contributed by atoms with Gasteiger partial charge in [0.15, 0.2) is 9.84 Å². The third-order valence-corrected chi connectivity index (χ3v) is 15.7. The van der Waals surface area contributed by atoms with E-state index in [1.54, 1.807) is 25.1 Å². The average Bonchev–Trinajstić information content (AvgIpc) is 3.50. The summed E-state index contributed by atoms with van der Waals surface area (Å²) in [6.45, 7) is 6.58. The molecule has 0 spiro atoms. The Morgan fingerprint density at radius 1 is 1.00 bits per heavy atom. The fraction of sp³-hybridized carbons (Fsp3) is 0.649. The minimum Gasteiger partial charge on any atom is -0.487 e. The van der Waals surface area contributed by atoms with Crippen LogP contribution in [-0.4, -0.2) is 87.8 Å². The van der Waals surface area contributed by atoms with E-state index < -0.39 is 41.9 Å². The largest absolute Gasteiger partial charge is 0.487 e. The molecule has 1 aliphatic carbocycles. The topological polar surface area (TPSA) is 133 Å². The number of aryl methyl sites for hydroxylation is 1. The van der Waals surface area contributed by atoms with Gasteiger partial charge in [-0.05, 0) is 124 Å². The Labute approximate surface area is 302 Å². The van der Waals surface area contributed by atoms with Crippen LogP contribution in [0.4, 0.5) is 5.69 Å². The summed E-state index contributed by atoms with van der Waals surface area (Å²) in [6.07, 6.45) is 7.97. The van der Waals surface area contributed by atoms with Crippen LogP contribution in [0.5, 0.6) is 5.75 Å². The van der Waals surface area contributed by atoms with Crippen LogP contribution in [0, 0.1) is 17.8 Å². The number of nitrogens with zero attached hydrogens (tertiary/aromatic N) is 2. The quantitative estimate of drug-likeness (QED) is 0.434. The van der Waals surface area contributed by atoms with E-state index in [2.05, 4.69) is 14.5 Å². The predicted molar refractivity (Wildman–Crippen MR) is 197 cm³/mol. The Bertz CT molecular complexity index is 1790. The van der Waals surface area contributed by atoms with E-state index in [4.69, 9.17) is 16.3 Å². The highest BCUT2D eigenvalue weighted by Crippen LogP contribution is 2.47. The number of benzene rings is 2. The van der Waals surface area contributed by atoms with Gasteiger partial charge in [-0.15, -0.1) is 0 Å². The maximum Gasteiger partial charge on any atom is 0.264 e. The van der Waals surface area contributed by atoms with Gasteiger partial charge in [0.1, 0.15) is 12.4 Å². The smallest absolute Gasteiger partial charge is 0.264 e. The molecule has 6 rings (SSSR count). The highest BCUT2D eigenvalue weighted by molar-refractivity contribution is 7.91. The van der Waals surface area contributed by atoms with Gasteiger partial charge in [0.25, 0.3) is 5.91 Å². The van der Waals surface area contributed by atoms with Gasteiger partial charge in [0.2, 0.25) is 10.0 Å². The number of hydrogen-bond acceptors (Lipinski definition) is 9. The van der Waals surface area contributed by atoms with Crippen molar-refractivity contribution in [3.8, 4) is 5.75 Å². The van der Waals surface area contributed by atoms with Crippen molar-refractivity contribution in [3.63, 3.8) is 0 Å². The highest BCUT2D eigenvalue weighted by Gasteiger charge is 2.48. The summed E-state index contributed by atoms with van der Waals surface area (Å²) < 4.78 is 60.5. The lowest BCUT2D eigenvalue weighted by Gasteiger charge is -2.50. The van der Waals surface area contributed by atoms with Gasteiger partial charge >= 0.3 is 0 Å². The van der Waals surface area contributed by atoms with Crippen LogP contribution < -0.4 is 14.4 Å². The zero-order chi connectivity index (χ0) is 35.8. The second-order valence-corrected chi connectivity index (χ2v) is 20.2. The first kappa shape index (κ1) is 37.4. The number of anilines is 1. The maximum absolute atomic E-state index is 13.5. The monoisotopic (exact) mass is 749 g/mol. The molecule has 10 nitrogen and oxygen atoms in total. The van der Waals surface area contributed by atoms with Crippen LogP contribution in [0.25, 0.3) is 0 Å². The Morgan fingerprint density at radius 2 is 1.80 bits per heavy atom. The van der Waals surface area contributed by atoms with Gasteiger partial charge in [-0.25, -0.2) is 21.6 Å². The molecule has 2 aromatic carbocycles. The van der Waals surface area contributed by atoms with Crippen molar-refractivity contribution in [1.29, 1.82) is 0 Å². The Kier molecular flexibility index (Phi) is 11.2. The standard InChI is InChI=1S/C37H52ClN3O7S2/c1-25-7-6-16-37(43,24-40-18-15-32(22-40)49(3,44)45)33-13-10-29(33)21-41-17-5-4-8-27-19-31(38)12-9-30(27)23-48-35-14-11-28(20-34(35)41)36(42)39-50(46,47)26(25)2/h9,11-12,14,19-20,25-26,29,32-33,43H,4-8,10,13,15-18,21-24H2,1-3H3,(H,39,42)/t25-,26+,29-,32-,33+,37-/m0/s1. The molecule has 3 heterocycles. The molecule has 0 unspecified atom stereocenters. The summed E-state index contributed by atoms with van der Waals surface area (Å²) >= 11 is 6.36. The number of nitrogens with one attached hydrogen (secondary N) is 1. The molecule has 2 bridgehead atoms.